The molecular formula is C11H22N2O. The Labute approximate surface area is 86.5 Å². The van der Waals surface area contributed by atoms with Gasteiger partial charge in [-0.15, -0.1) is 0 Å². The largest absolute Gasteiger partial charge is 0.395 e. The summed E-state index contributed by atoms with van der Waals surface area (Å²) in [6.45, 7) is 6.12. The van der Waals surface area contributed by atoms with E-state index in [0.29, 0.717) is 12.6 Å². The smallest absolute Gasteiger partial charge is 0.0584 e. The molecule has 3 atom stereocenters. The SMILES string of the molecule is CCN1CCCC1C1CNC(CO)C1. The fraction of sp³-hybridized carbons (Fsp3) is 1.00. The first-order valence-corrected chi connectivity index (χ1v) is 5.93. The van der Waals surface area contributed by atoms with Gasteiger partial charge in [0, 0.05) is 12.1 Å². The molecule has 0 bridgehead atoms. The zero-order valence-corrected chi connectivity index (χ0v) is 9.08. The maximum absolute atomic E-state index is 9.07. The molecule has 0 radical (unpaired) electrons. The summed E-state index contributed by atoms with van der Waals surface area (Å²) in [5, 5.41) is 12.5. The highest BCUT2D eigenvalue weighted by Crippen LogP contribution is 2.29. The van der Waals surface area contributed by atoms with Crippen molar-refractivity contribution in [2.75, 3.05) is 26.2 Å². The van der Waals surface area contributed by atoms with Gasteiger partial charge < -0.3 is 15.3 Å². The Kier molecular flexibility index (Phi) is 3.42. The van der Waals surface area contributed by atoms with Crippen molar-refractivity contribution < 1.29 is 5.11 Å². The lowest BCUT2D eigenvalue weighted by molar-refractivity contribution is 0.199. The molecular weight excluding hydrogens is 176 g/mol. The molecule has 2 rings (SSSR count). The minimum absolute atomic E-state index is 0.301. The van der Waals surface area contributed by atoms with E-state index in [0.717, 1.165) is 24.9 Å². The third-order valence-electron chi connectivity index (χ3n) is 3.84. The fourth-order valence-corrected chi connectivity index (χ4v) is 3.06. The highest BCUT2D eigenvalue weighted by atomic mass is 16.3. The van der Waals surface area contributed by atoms with Crippen LogP contribution in [0.25, 0.3) is 0 Å². The lowest BCUT2D eigenvalue weighted by Gasteiger charge is -2.27. The van der Waals surface area contributed by atoms with E-state index < -0.39 is 0 Å². The molecule has 82 valence electrons. The molecule has 0 aromatic heterocycles. The lowest BCUT2D eigenvalue weighted by Crippen LogP contribution is -2.36. The quantitative estimate of drug-likeness (QED) is 0.691. The van der Waals surface area contributed by atoms with Crippen molar-refractivity contribution in [2.45, 2.75) is 38.3 Å². The fourth-order valence-electron chi connectivity index (χ4n) is 3.06. The van der Waals surface area contributed by atoms with E-state index in [1.165, 1.54) is 25.9 Å². The molecule has 0 aromatic carbocycles. The number of rotatable bonds is 3. The summed E-state index contributed by atoms with van der Waals surface area (Å²) in [6, 6.07) is 1.14. The first-order valence-electron chi connectivity index (χ1n) is 5.93. The number of aliphatic hydroxyl groups excluding tert-OH is 1. The second-order valence-electron chi connectivity index (χ2n) is 4.62. The van der Waals surface area contributed by atoms with Crippen LogP contribution in [-0.2, 0) is 0 Å². The van der Waals surface area contributed by atoms with Gasteiger partial charge in [0.15, 0.2) is 0 Å². The normalized spacial score (nSPS) is 39.4. The Bertz CT molecular complexity index is 186. The van der Waals surface area contributed by atoms with Crippen molar-refractivity contribution in [2.24, 2.45) is 5.92 Å². The van der Waals surface area contributed by atoms with Crippen molar-refractivity contribution in [1.82, 2.24) is 10.2 Å². The summed E-state index contributed by atoms with van der Waals surface area (Å²) in [7, 11) is 0. The molecule has 14 heavy (non-hydrogen) atoms. The lowest BCUT2D eigenvalue weighted by atomic mass is 9.95. The number of likely N-dealkylation sites (tertiary alicyclic amines) is 1. The van der Waals surface area contributed by atoms with E-state index in [1.807, 2.05) is 0 Å². The Morgan fingerprint density at radius 3 is 3.00 bits per heavy atom. The number of nitrogens with one attached hydrogen (secondary N) is 1. The first kappa shape index (κ1) is 10.4. The van der Waals surface area contributed by atoms with Gasteiger partial charge in [-0.2, -0.15) is 0 Å². The van der Waals surface area contributed by atoms with E-state index in [4.69, 9.17) is 5.11 Å². The minimum Gasteiger partial charge on any atom is -0.395 e. The number of hydrogen-bond acceptors (Lipinski definition) is 3. The third-order valence-corrected chi connectivity index (χ3v) is 3.84. The second-order valence-corrected chi connectivity index (χ2v) is 4.62. The number of aliphatic hydroxyl groups is 1. The average Bonchev–Trinajstić information content (AvgIpc) is 2.85. The molecule has 2 fully saturated rings. The first-order chi connectivity index (χ1) is 6.85. The topological polar surface area (TPSA) is 35.5 Å². The predicted molar refractivity (Wildman–Crippen MR) is 57.3 cm³/mol. The Morgan fingerprint density at radius 1 is 1.50 bits per heavy atom. The standard InChI is InChI=1S/C11H22N2O/c1-2-13-5-3-4-11(13)9-6-10(8-14)12-7-9/h9-12,14H,2-8H2,1H3. The summed E-state index contributed by atoms with van der Waals surface area (Å²) in [5.74, 6) is 0.773. The van der Waals surface area contributed by atoms with Gasteiger partial charge in [0.05, 0.1) is 6.61 Å². The van der Waals surface area contributed by atoms with Crippen LogP contribution in [-0.4, -0.2) is 48.3 Å². The highest BCUT2D eigenvalue weighted by Gasteiger charge is 2.35. The van der Waals surface area contributed by atoms with Crippen molar-refractivity contribution in [3.8, 4) is 0 Å². The molecule has 2 aliphatic heterocycles. The van der Waals surface area contributed by atoms with Crippen LogP contribution >= 0.6 is 0 Å². The predicted octanol–water partition coefficient (Wildman–Crippen LogP) is 0.441. The third kappa shape index (κ3) is 1.95. The Hall–Kier alpha value is -0.120. The zero-order chi connectivity index (χ0) is 9.97. The summed E-state index contributed by atoms with van der Waals surface area (Å²) < 4.78 is 0. The Balaban J connectivity index is 1.89. The van der Waals surface area contributed by atoms with Crippen molar-refractivity contribution in [3.63, 3.8) is 0 Å². The maximum atomic E-state index is 9.07. The number of hydrogen-bond donors (Lipinski definition) is 2. The molecule has 2 saturated heterocycles. The van der Waals surface area contributed by atoms with Crippen LogP contribution in [0.5, 0.6) is 0 Å². The van der Waals surface area contributed by atoms with E-state index >= 15 is 0 Å². The van der Waals surface area contributed by atoms with Crippen LogP contribution in [0.2, 0.25) is 0 Å². The number of nitrogens with zero attached hydrogens (tertiary/aromatic N) is 1. The van der Waals surface area contributed by atoms with E-state index in [9.17, 15) is 0 Å². The van der Waals surface area contributed by atoms with Gasteiger partial charge in [-0.3, -0.25) is 0 Å². The zero-order valence-electron chi connectivity index (χ0n) is 9.08. The molecule has 0 amide bonds. The van der Waals surface area contributed by atoms with Crippen LogP contribution in [0.15, 0.2) is 0 Å². The van der Waals surface area contributed by atoms with Gasteiger partial charge in [0.1, 0.15) is 0 Å². The van der Waals surface area contributed by atoms with Crippen LogP contribution < -0.4 is 5.32 Å². The molecule has 2 heterocycles. The monoisotopic (exact) mass is 198 g/mol. The van der Waals surface area contributed by atoms with Crippen molar-refractivity contribution in [1.29, 1.82) is 0 Å². The van der Waals surface area contributed by atoms with Gasteiger partial charge in [0.25, 0.3) is 0 Å². The molecule has 0 aliphatic carbocycles. The van der Waals surface area contributed by atoms with Crippen molar-refractivity contribution in [3.05, 3.63) is 0 Å². The molecule has 3 heteroatoms. The minimum atomic E-state index is 0.301. The molecule has 2 N–H and O–H groups in total. The van der Waals surface area contributed by atoms with Gasteiger partial charge in [-0.25, -0.2) is 0 Å². The molecule has 0 saturated carbocycles. The molecule has 2 aliphatic rings. The maximum Gasteiger partial charge on any atom is 0.0584 e. The summed E-state index contributed by atoms with van der Waals surface area (Å²) in [4.78, 5) is 2.60. The van der Waals surface area contributed by atoms with Gasteiger partial charge in [-0.1, -0.05) is 6.92 Å². The van der Waals surface area contributed by atoms with E-state index in [2.05, 4.69) is 17.1 Å². The summed E-state index contributed by atoms with van der Waals surface area (Å²) >= 11 is 0. The molecule has 0 spiro atoms. The van der Waals surface area contributed by atoms with Crippen molar-refractivity contribution >= 4 is 0 Å². The van der Waals surface area contributed by atoms with Crippen LogP contribution in [0.1, 0.15) is 26.2 Å². The van der Waals surface area contributed by atoms with Gasteiger partial charge in [-0.05, 0) is 44.8 Å². The average molecular weight is 198 g/mol. The van der Waals surface area contributed by atoms with Crippen LogP contribution in [0.3, 0.4) is 0 Å². The highest BCUT2D eigenvalue weighted by molar-refractivity contribution is 4.92. The van der Waals surface area contributed by atoms with E-state index in [-0.39, 0.29) is 0 Å². The summed E-state index contributed by atoms with van der Waals surface area (Å²) in [6.07, 6.45) is 3.88. The second kappa shape index (κ2) is 4.60. The molecule has 3 nitrogen and oxygen atoms in total. The van der Waals surface area contributed by atoms with Gasteiger partial charge >= 0.3 is 0 Å². The Morgan fingerprint density at radius 2 is 2.36 bits per heavy atom. The van der Waals surface area contributed by atoms with Crippen LogP contribution in [0.4, 0.5) is 0 Å². The molecule has 0 aromatic rings. The molecule has 3 unspecified atom stereocenters. The summed E-state index contributed by atoms with van der Waals surface area (Å²) in [5.41, 5.74) is 0. The van der Waals surface area contributed by atoms with Crippen LogP contribution in [0, 0.1) is 5.92 Å². The van der Waals surface area contributed by atoms with E-state index in [1.54, 1.807) is 0 Å². The van der Waals surface area contributed by atoms with Gasteiger partial charge in [0.2, 0.25) is 0 Å².